The van der Waals surface area contributed by atoms with Gasteiger partial charge in [0.05, 0.1) is 11.4 Å². The van der Waals surface area contributed by atoms with Gasteiger partial charge in [-0.1, -0.05) is 0 Å². The van der Waals surface area contributed by atoms with Crippen LogP contribution < -0.4 is 14.9 Å². The van der Waals surface area contributed by atoms with E-state index in [2.05, 4.69) is 14.9 Å². The predicted octanol–water partition coefficient (Wildman–Crippen LogP) is 2.65. The van der Waals surface area contributed by atoms with Crippen molar-refractivity contribution in [1.29, 1.82) is 0 Å². The Morgan fingerprint density at radius 2 is 1.78 bits per heavy atom. The lowest BCUT2D eigenvalue weighted by Crippen LogP contribution is -2.33. The summed E-state index contributed by atoms with van der Waals surface area (Å²) in [6.45, 7) is 3.15. The molecule has 1 aliphatic rings. The van der Waals surface area contributed by atoms with Crippen LogP contribution in [0.4, 0.5) is 15.8 Å². The van der Waals surface area contributed by atoms with Gasteiger partial charge in [-0.25, -0.2) is 17.5 Å². The lowest BCUT2D eigenvalue weighted by atomic mass is 10.2. The number of rotatable bonds is 6. The Hall–Kier alpha value is -2.45. The molecule has 1 aliphatic heterocycles. The molecule has 0 spiro atoms. The molecule has 0 aliphatic carbocycles. The van der Waals surface area contributed by atoms with Crippen molar-refractivity contribution in [3.8, 4) is 0 Å². The van der Waals surface area contributed by atoms with Gasteiger partial charge in [0.25, 0.3) is 0 Å². The van der Waals surface area contributed by atoms with Crippen molar-refractivity contribution in [2.24, 2.45) is 0 Å². The minimum Gasteiger partial charge on any atom is -0.372 e. The van der Waals surface area contributed by atoms with Crippen LogP contribution in [0.15, 0.2) is 47.4 Å². The number of carbonyl (C=O) groups excluding carboxylic acids is 1. The van der Waals surface area contributed by atoms with Gasteiger partial charge in [-0.2, -0.15) is 0 Å². The molecule has 3 rings (SSSR count). The van der Waals surface area contributed by atoms with Gasteiger partial charge in [0.2, 0.25) is 15.9 Å². The van der Waals surface area contributed by atoms with E-state index in [1.807, 2.05) is 12.1 Å². The fraction of sp³-hybridized carbons (Fsp3) is 0.316. The number of benzene rings is 2. The average molecular weight is 391 g/mol. The van der Waals surface area contributed by atoms with Gasteiger partial charge in [-0.3, -0.25) is 4.79 Å². The van der Waals surface area contributed by atoms with E-state index in [-0.39, 0.29) is 10.5 Å². The number of hydrogen-bond donors (Lipinski definition) is 2. The lowest BCUT2D eigenvalue weighted by molar-refractivity contribution is -0.115. The van der Waals surface area contributed by atoms with Crippen molar-refractivity contribution in [2.45, 2.75) is 24.7 Å². The van der Waals surface area contributed by atoms with Crippen LogP contribution in [-0.4, -0.2) is 34.0 Å². The van der Waals surface area contributed by atoms with Gasteiger partial charge in [0, 0.05) is 24.5 Å². The van der Waals surface area contributed by atoms with E-state index in [9.17, 15) is 17.6 Å². The topological polar surface area (TPSA) is 78.5 Å². The monoisotopic (exact) mass is 391 g/mol. The molecule has 1 heterocycles. The number of hydrogen-bond acceptors (Lipinski definition) is 4. The van der Waals surface area contributed by atoms with Gasteiger partial charge in [-0.05, 0) is 67.8 Å². The van der Waals surface area contributed by atoms with Crippen LogP contribution in [0.2, 0.25) is 0 Å². The van der Waals surface area contributed by atoms with Crippen LogP contribution in [0.3, 0.4) is 0 Å². The Morgan fingerprint density at radius 3 is 2.41 bits per heavy atom. The molecule has 2 aromatic rings. The zero-order valence-corrected chi connectivity index (χ0v) is 15.9. The second kappa shape index (κ2) is 8.06. The first-order valence-corrected chi connectivity index (χ1v) is 10.2. The maximum atomic E-state index is 13.3. The van der Waals surface area contributed by atoms with Crippen LogP contribution in [0.1, 0.15) is 18.4 Å². The van der Waals surface area contributed by atoms with Crippen molar-refractivity contribution in [2.75, 3.05) is 29.9 Å². The number of aryl methyl sites for hydroxylation is 1. The van der Waals surface area contributed by atoms with Crippen molar-refractivity contribution in [3.05, 3.63) is 53.8 Å². The summed E-state index contributed by atoms with van der Waals surface area (Å²) in [5, 5.41) is 2.66. The molecule has 0 bridgehead atoms. The molecule has 144 valence electrons. The van der Waals surface area contributed by atoms with Crippen LogP contribution in [-0.2, 0) is 14.8 Å². The number of nitrogens with zero attached hydrogens (tertiary/aromatic N) is 1. The molecular formula is C19H22FN3O3S. The summed E-state index contributed by atoms with van der Waals surface area (Å²) in [5.74, 6) is -0.963. The van der Waals surface area contributed by atoms with Crippen molar-refractivity contribution in [1.82, 2.24) is 4.72 Å². The highest BCUT2D eigenvalue weighted by molar-refractivity contribution is 7.89. The summed E-state index contributed by atoms with van der Waals surface area (Å²) in [4.78, 5) is 14.2. The number of amides is 1. The smallest absolute Gasteiger partial charge is 0.241 e. The summed E-state index contributed by atoms with van der Waals surface area (Å²) in [6.07, 6.45) is 2.37. The van der Waals surface area contributed by atoms with E-state index >= 15 is 0 Å². The summed E-state index contributed by atoms with van der Waals surface area (Å²) in [7, 11) is -3.89. The highest BCUT2D eigenvalue weighted by Gasteiger charge is 2.17. The molecule has 0 unspecified atom stereocenters. The SMILES string of the molecule is Cc1cc(S(=O)(=O)NCC(=O)Nc2ccc(N3CCCC3)cc2)ccc1F. The molecule has 2 N–H and O–H groups in total. The van der Waals surface area contributed by atoms with Gasteiger partial charge in [0.15, 0.2) is 0 Å². The number of anilines is 2. The quantitative estimate of drug-likeness (QED) is 0.794. The van der Waals surface area contributed by atoms with E-state index < -0.39 is 28.3 Å². The molecule has 1 saturated heterocycles. The largest absolute Gasteiger partial charge is 0.372 e. The molecule has 0 atom stereocenters. The molecule has 1 amide bonds. The Kier molecular flexibility index (Phi) is 5.76. The maximum absolute atomic E-state index is 13.3. The Balaban J connectivity index is 1.56. The van der Waals surface area contributed by atoms with Gasteiger partial charge in [0.1, 0.15) is 5.82 Å². The minimum absolute atomic E-state index is 0.0795. The predicted molar refractivity (Wildman–Crippen MR) is 103 cm³/mol. The van der Waals surface area contributed by atoms with Gasteiger partial charge >= 0.3 is 0 Å². The zero-order valence-electron chi connectivity index (χ0n) is 15.0. The molecular weight excluding hydrogens is 369 g/mol. The first-order valence-electron chi connectivity index (χ1n) is 8.76. The fourth-order valence-corrected chi connectivity index (χ4v) is 4.03. The zero-order chi connectivity index (χ0) is 19.4. The third-order valence-electron chi connectivity index (χ3n) is 4.48. The van der Waals surface area contributed by atoms with Crippen LogP contribution in [0.5, 0.6) is 0 Å². The van der Waals surface area contributed by atoms with Crippen molar-refractivity contribution < 1.29 is 17.6 Å². The molecule has 27 heavy (non-hydrogen) atoms. The van der Waals surface area contributed by atoms with Gasteiger partial charge in [-0.15, -0.1) is 0 Å². The maximum Gasteiger partial charge on any atom is 0.241 e. The average Bonchev–Trinajstić information content (AvgIpc) is 3.18. The highest BCUT2D eigenvalue weighted by atomic mass is 32.2. The van der Waals surface area contributed by atoms with E-state index in [1.165, 1.54) is 31.9 Å². The highest BCUT2D eigenvalue weighted by Crippen LogP contribution is 2.22. The molecule has 0 aromatic heterocycles. The Labute approximate surface area is 158 Å². The molecule has 2 aromatic carbocycles. The summed E-state index contributed by atoms with van der Waals surface area (Å²) >= 11 is 0. The molecule has 1 fully saturated rings. The van der Waals surface area contributed by atoms with Crippen molar-refractivity contribution >= 4 is 27.3 Å². The van der Waals surface area contributed by atoms with E-state index in [0.29, 0.717) is 5.69 Å². The molecule has 6 nitrogen and oxygen atoms in total. The fourth-order valence-electron chi connectivity index (χ4n) is 2.96. The number of nitrogens with one attached hydrogen (secondary N) is 2. The van der Waals surface area contributed by atoms with Crippen molar-refractivity contribution in [3.63, 3.8) is 0 Å². The number of halogens is 1. The molecule has 0 radical (unpaired) electrons. The van der Waals surface area contributed by atoms with Crippen LogP contribution >= 0.6 is 0 Å². The second-order valence-electron chi connectivity index (χ2n) is 6.52. The van der Waals surface area contributed by atoms with E-state index in [1.54, 1.807) is 12.1 Å². The minimum atomic E-state index is -3.89. The normalized spacial score (nSPS) is 14.4. The lowest BCUT2D eigenvalue weighted by Gasteiger charge is -2.17. The number of carbonyl (C=O) groups is 1. The molecule has 0 saturated carbocycles. The Bertz CT molecular complexity index is 924. The van der Waals surface area contributed by atoms with Gasteiger partial charge < -0.3 is 10.2 Å². The summed E-state index contributed by atoms with van der Waals surface area (Å²) < 4.78 is 40.0. The van der Waals surface area contributed by atoms with Crippen LogP contribution in [0, 0.1) is 12.7 Å². The second-order valence-corrected chi connectivity index (χ2v) is 8.29. The summed E-state index contributed by atoms with van der Waals surface area (Å²) in [6, 6.07) is 10.9. The first kappa shape index (κ1) is 19.3. The third kappa shape index (κ3) is 4.84. The third-order valence-corrected chi connectivity index (χ3v) is 5.88. The summed E-state index contributed by atoms with van der Waals surface area (Å²) in [5.41, 5.74) is 1.93. The number of sulfonamides is 1. The molecule has 8 heteroatoms. The van der Waals surface area contributed by atoms with E-state index in [4.69, 9.17) is 0 Å². The van der Waals surface area contributed by atoms with Crippen LogP contribution in [0.25, 0.3) is 0 Å². The Morgan fingerprint density at radius 1 is 1.11 bits per heavy atom. The standard InChI is InChI=1S/C19H22FN3O3S/c1-14-12-17(8-9-18(14)20)27(25,26)21-13-19(24)22-15-4-6-16(7-5-15)23-10-2-3-11-23/h4-9,12,21H,2-3,10-11,13H2,1H3,(H,22,24). The first-order chi connectivity index (χ1) is 12.8. The van der Waals surface area contributed by atoms with E-state index in [0.717, 1.165) is 24.8 Å².